The zero-order valence-corrected chi connectivity index (χ0v) is 10.7. The predicted octanol–water partition coefficient (Wildman–Crippen LogP) is 4.40. The Hall–Kier alpha value is -1.25. The minimum absolute atomic E-state index is 0.366. The molecule has 1 aromatic rings. The van der Waals surface area contributed by atoms with Crippen molar-refractivity contribution in [3.05, 3.63) is 64.1 Å². The average Bonchev–Trinajstić information content (AvgIpc) is 2.28. The van der Waals surface area contributed by atoms with Crippen molar-refractivity contribution in [1.82, 2.24) is 4.90 Å². The molecule has 1 heterocycles. The Morgan fingerprint density at radius 1 is 1.24 bits per heavy atom. The van der Waals surface area contributed by atoms with Crippen LogP contribution < -0.4 is 0 Å². The SMILES string of the molecule is C=C1C(Cl)=CC=C(c2ccc(Cl)cc2F)N1C. The van der Waals surface area contributed by atoms with E-state index < -0.39 is 0 Å². The van der Waals surface area contributed by atoms with E-state index in [0.29, 0.717) is 27.0 Å². The van der Waals surface area contributed by atoms with Crippen molar-refractivity contribution in [1.29, 1.82) is 0 Å². The first kappa shape index (κ1) is 12.2. The van der Waals surface area contributed by atoms with Crippen LogP contribution in [0.2, 0.25) is 5.02 Å². The second-order valence-electron chi connectivity index (χ2n) is 3.70. The van der Waals surface area contributed by atoms with Gasteiger partial charge >= 0.3 is 0 Å². The number of hydrogen-bond donors (Lipinski definition) is 0. The molecule has 0 aliphatic carbocycles. The fourth-order valence-electron chi connectivity index (χ4n) is 1.63. The van der Waals surface area contributed by atoms with Crippen LogP contribution in [0.1, 0.15) is 5.56 Å². The third-order valence-electron chi connectivity index (χ3n) is 2.64. The largest absolute Gasteiger partial charge is 0.343 e. The number of benzene rings is 1. The average molecular weight is 270 g/mol. The lowest BCUT2D eigenvalue weighted by atomic mass is 10.1. The molecule has 1 aromatic carbocycles. The van der Waals surface area contributed by atoms with Gasteiger partial charge in [-0.15, -0.1) is 0 Å². The van der Waals surface area contributed by atoms with Gasteiger partial charge in [0.05, 0.1) is 16.4 Å². The van der Waals surface area contributed by atoms with E-state index in [1.807, 2.05) is 0 Å². The Morgan fingerprint density at radius 2 is 1.94 bits per heavy atom. The summed E-state index contributed by atoms with van der Waals surface area (Å²) in [5.74, 6) is -0.366. The highest BCUT2D eigenvalue weighted by atomic mass is 35.5. The summed E-state index contributed by atoms with van der Waals surface area (Å²) in [4.78, 5) is 1.74. The number of nitrogens with zero attached hydrogens (tertiary/aromatic N) is 1. The Bertz CT molecular complexity index is 546. The molecule has 1 aliphatic heterocycles. The van der Waals surface area contributed by atoms with Gasteiger partial charge in [-0.2, -0.15) is 0 Å². The molecule has 0 atom stereocenters. The standard InChI is InChI=1S/C13H10Cl2FN/c1-8-11(15)5-6-13(17(8)2)10-4-3-9(14)7-12(10)16/h3-7H,1H2,2H3. The fraction of sp³-hybridized carbons (Fsp3) is 0.0769. The van der Waals surface area contributed by atoms with Crippen LogP contribution in [0, 0.1) is 5.82 Å². The predicted molar refractivity (Wildman–Crippen MR) is 70.2 cm³/mol. The Kier molecular flexibility index (Phi) is 3.27. The molecule has 4 heteroatoms. The molecule has 0 unspecified atom stereocenters. The van der Waals surface area contributed by atoms with Crippen LogP contribution in [0.5, 0.6) is 0 Å². The molecule has 2 rings (SSSR count). The third-order valence-corrected chi connectivity index (χ3v) is 3.22. The van der Waals surface area contributed by atoms with Gasteiger partial charge in [0.25, 0.3) is 0 Å². The van der Waals surface area contributed by atoms with Gasteiger partial charge in [0.1, 0.15) is 5.82 Å². The normalized spacial score (nSPS) is 15.8. The molecule has 0 radical (unpaired) electrons. The Morgan fingerprint density at radius 3 is 2.59 bits per heavy atom. The summed E-state index contributed by atoms with van der Waals surface area (Å²) in [6.45, 7) is 3.84. The van der Waals surface area contributed by atoms with Crippen LogP contribution in [0.15, 0.2) is 47.7 Å². The maximum absolute atomic E-state index is 13.8. The number of allylic oxidation sites excluding steroid dienone is 3. The lowest BCUT2D eigenvalue weighted by molar-refractivity contribution is 0.585. The molecule has 0 bridgehead atoms. The van der Waals surface area contributed by atoms with Gasteiger partial charge < -0.3 is 4.90 Å². The van der Waals surface area contributed by atoms with Crippen molar-refractivity contribution in [3.63, 3.8) is 0 Å². The molecule has 0 N–H and O–H groups in total. The zero-order chi connectivity index (χ0) is 12.6. The second-order valence-corrected chi connectivity index (χ2v) is 4.54. The molecule has 0 amide bonds. The molecule has 17 heavy (non-hydrogen) atoms. The summed E-state index contributed by atoms with van der Waals surface area (Å²) in [6.07, 6.45) is 3.45. The summed E-state index contributed by atoms with van der Waals surface area (Å²) < 4.78 is 13.8. The first-order valence-electron chi connectivity index (χ1n) is 4.96. The minimum Gasteiger partial charge on any atom is -0.343 e. The summed E-state index contributed by atoms with van der Waals surface area (Å²) >= 11 is 11.7. The van der Waals surface area contributed by atoms with Gasteiger partial charge in [0, 0.05) is 17.6 Å². The van der Waals surface area contributed by atoms with E-state index in [2.05, 4.69) is 6.58 Å². The maximum Gasteiger partial charge on any atom is 0.134 e. The fourth-order valence-corrected chi connectivity index (χ4v) is 1.98. The van der Waals surface area contributed by atoms with Crippen LogP contribution in [0.4, 0.5) is 4.39 Å². The van der Waals surface area contributed by atoms with E-state index in [1.54, 1.807) is 36.2 Å². The number of rotatable bonds is 1. The molecular weight excluding hydrogens is 260 g/mol. The second kappa shape index (κ2) is 4.55. The first-order valence-corrected chi connectivity index (χ1v) is 5.72. The summed E-state index contributed by atoms with van der Waals surface area (Å²) in [5.41, 5.74) is 1.81. The topological polar surface area (TPSA) is 3.24 Å². The van der Waals surface area contributed by atoms with Crippen molar-refractivity contribution in [2.75, 3.05) is 7.05 Å². The molecule has 1 aliphatic rings. The van der Waals surface area contributed by atoms with Crippen molar-refractivity contribution in [3.8, 4) is 0 Å². The zero-order valence-electron chi connectivity index (χ0n) is 9.17. The van der Waals surface area contributed by atoms with Crippen molar-refractivity contribution < 1.29 is 4.39 Å². The van der Waals surface area contributed by atoms with Gasteiger partial charge in [0.2, 0.25) is 0 Å². The third kappa shape index (κ3) is 2.24. The van der Waals surface area contributed by atoms with Crippen LogP contribution in [0.25, 0.3) is 5.70 Å². The van der Waals surface area contributed by atoms with Gasteiger partial charge in [-0.3, -0.25) is 0 Å². The molecule has 0 saturated carbocycles. The van der Waals surface area contributed by atoms with Gasteiger partial charge in [0.15, 0.2) is 0 Å². The molecule has 0 aromatic heterocycles. The van der Waals surface area contributed by atoms with Crippen LogP contribution in [0.3, 0.4) is 0 Å². The summed E-state index contributed by atoms with van der Waals surface area (Å²) in [5, 5.41) is 0.920. The van der Waals surface area contributed by atoms with E-state index in [4.69, 9.17) is 23.2 Å². The van der Waals surface area contributed by atoms with Gasteiger partial charge in [-0.1, -0.05) is 29.8 Å². The maximum atomic E-state index is 13.8. The Labute approximate surface area is 109 Å². The number of halogens is 3. The minimum atomic E-state index is -0.366. The van der Waals surface area contributed by atoms with E-state index in [1.165, 1.54) is 6.07 Å². The summed E-state index contributed by atoms with van der Waals surface area (Å²) in [7, 11) is 1.79. The van der Waals surface area contributed by atoms with Crippen LogP contribution in [-0.2, 0) is 0 Å². The lowest BCUT2D eigenvalue weighted by Crippen LogP contribution is -2.18. The quantitative estimate of drug-likeness (QED) is 0.731. The molecular formula is C13H10Cl2FN. The van der Waals surface area contributed by atoms with Gasteiger partial charge in [-0.25, -0.2) is 4.39 Å². The van der Waals surface area contributed by atoms with Crippen molar-refractivity contribution >= 4 is 28.9 Å². The molecule has 0 fully saturated rings. The Balaban J connectivity index is 2.51. The smallest absolute Gasteiger partial charge is 0.134 e. The van der Waals surface area contributed by atoms with E-state index in [0.717, 1.165) is 0 Å². The molecule has 1 nitrogen and oxygen atoms in total. The first-order chi connectivity index (χ1) is 8.00. The molecule has 0 spiro atoms. The van der Waals surface area contributed by atoms with Crippen LogP contribution in [-0.4, -0.2) is 11.9 Å². The van der Waals surface area contributed by atoms with Crippen LogP contribution >= 0.6 is 23.2 Å². The van der Waals surface area contributed by atoms with E-state index in [9.17, 15) is 4.39 Å². The monoisotopic (exact) mass is 269 g/mol. The molecule has 0 saturated heterocycles. The van der Waals surface area contributed by atoms with Crippen molar-refractivity contribution in [2.24, 2.45) is 0 Å². The highest BCUT2D eigenvalue weighted by Crippen LogP contribution is 2.32. The number of hydrogen-bond acceptors (Lipinski definition) is 1. The van der Waals surface area contributed by atoms with E-state index >= 15 is 0 Å². The van der Waals surface area contributed by atoms with Crippen molar-refractivity contribution in [2.45, 2.75) is 0 Å². The number of likely N-dealkylation sites (N-methyl/N-ethyl adjacent to an activating group) is 1. The lowest BCUT2D eigenvalue weighted by Gasteiger charge is -2.27. The summed E-state index contributed by atoms with van der Waals surface area (Å²) in [6, 6.07) is 4.58. The van der Waals surface area contributed by atoms with E-state index in [-0.39, 0.29) is 5.82 Å². The molecule has 88 valence electrons. The highest BCUT2D eigenvalue weighted by molar-refractivity contribution is 6.32. The highest BCUT2D eigenvalue weighted by Gasteiger charge is 2.18. The van der Waals surface area contributed by atoms with Gasteiger partial charge in [-0.05, 0) is 30.4 Å².